The third-order valence-corrected chi connectivity index (χ3v) is 5.58. The molecule has 0 aromatic heterocycles. The molecule has 11 heteroatoms. The molecule has 1 aliphatic heterocycles. The number of nitrogens with one attached hydrogen (secondary N) is 1. The van der Waals surface area contributed by atoms with E-state index in [1.54, 1.807) is 5.32 Å². The van der Waals surface area contributed by atoms with E-state index in [4.69, 9.17) is 5.11 Å². The third-order valence-electron chi connectivity index (χ3n) is 3.70. The number of hydrogen-bond acceptors (Lipinski definition) is 4. The molecule has 0 saturated carbocycles. The summed E-state index contributed by atoms with van der Waals surface area (Å²) in [6.45, 7) is -1.57. The zero-order chi connectivity index (χ0) is 18.8. The number of rotatable bonds is 5. The van der Waals surface area contributed by atoms with E-state index < -0.39 is 40.5 Å². The van der Waals surface area contributed by atoms with Crippen LogP contribution in [0.3, 0.4) is 0 Å². The van der Waals surface area contributed by atoms with Crippen LogP contribution in [0.4, 0.5) is 13.2 Å². The highest BCUT2D eigenvalue weighted by atomic mass is 32.2. The minimum atomic E-state index is -4.55. The maximum absolute atomic E-state index is 12.4. The van der Waals surface area contributed by atoms with Crippen molar-refractivity contribution in [2.75, 3.05) is 19.6 Å². The van der Waals surface area contributed by atoms with Crippen molar-refractivity contribution in [2.45, 2.75) is 17.5 Å². The first-order valence-corrected chi connectivity index (χ1v) is 8.62. The molecule has 1 aromatic rings. The van der Waals surface area contributed by atoms with Crippen molar-refractivity contribution in [3.8, 4) is 0 Å². The molecular formula is C14H15F3N2O5S. The van der Waals surface area contributed by atoms with Crippen LogP contribution in [0.15, 0.2) is 29.2 Å². The van der Waals surface area contributed by atoms with Gasteiger partial charge >= 0.3 is 12.1 Å². The van der Waals surface area contributed by atoms with Gasteiger partial charge in [-0.3, -0.25) is 9.59 Å². The second-order valence-corrected chi connectivity index (χ2v) is 7.45. The van der Waals surface area contributed by atoms with Gasteiger partial charge < -0.3 is 10.4 Å². The molecule has 1 heterocycles. The highest BCUT2D eigenvalue weighted by Gasteiger charge is 2.35. The lowest BCUT2D eigenvalue weighted by molar-refractivity contribution is -0.141. The average Bonchev–Trinajstić information content (AvgIpc) is 3.03. The van der Waals surface area contributed by atoms with Crippen LogP contribution in [0, 0.1) is 5.92 Å². The van der Waals surface area contributed by atoms with Gasteiger partial charge in [0, 0.05) is 18.7 Å². The van der Waals surface area contributed by atoms with E-state index in [0.29, 0.717) is 0 Å². The standard InChI is InChI=1S/C14H15F3N2O5S/c15-14(16,17)8-18-12(20)9-1-3-11(4-2-9)25(23,24)19-6-5-10(7-19)13(21)22/h1-4,10H,5-8H2,(H,18,20)(H,21,22). The van der Waals surface area contributed by atoms with Gasteiger partial charge in [-0.2, -0.15) is 17.5 Å². The monoisotopic (exact) mass is 380 g/mol. The van der Waals surface area contributed by atoms with Gasteiger partial charge in [0.25, 0.3) is 5.91 Å². The van der Waals surface area contributed by atoms with Crippen LogP contribution < -0.4 is 5.32 Å². The van der Waals surface area contributed by atoms with Gasteiger partial charge in [0.1, 0.15) is 6.54 Å². The number of alkyl halides is 3. The Morgan fingerprint density at radius 2 is 1.84 bits per heavy atom. The Kier molecular flexibility index (Phi) is 5.37. The number of halogens is 3. The molecule has 1 aliphatic rings. The van der Waals surface area contributed by atoms with E-state index in [2.05, 4.69) is 0 Å². The van der Waals surface area contributed by atoms with E-state index in [1.165, 1.54) is 0 Å². The summed E-state index contributed by atoms with van der Waals surface area (Å²) in [6.07, 6.45) is -4.35. The normalized spacial score (nSPS) is 18.9. The van der Waals surface area contributed by atoms with Crippen LogP contribution in [0.5, 0.6) is 0 Å². The molecule has 0 spiro atoms. The summed E-state index contributed by atoms with van der Waals surface area (Å²) in [6, 6.07) is 4.41. The molecule has 1 saturated heterocycles. The predicted octanol–water partition coefficient (Wildman–Crippen LogP) is 1.07. The summed E-state index contributed by atoms with van der Waals surface area (Å²) >= 11 is 0. The second-order valence-electron chi connectivity index (χ2n) is 5.51. The van der Waals surface area contributed by atoms with Gasteiger partial charge in [-0.05, 0) is 30.7 Å². The Hall–Kier alpha value is -2.14. The smallest absolute Gasteiger partial charge is 0.405 e. The lowest BCUT2D eigenvalue weighted by Crippen LogP contribution is -2.33. The minimum Gasteiger partial charge on any atom is -0.481 e. The van der Waals surface area contributed by atoms with Crippen molar-refractivity contribution in [1.29, 1.82) is 0 Å². The number of carbonyl (C=O) groups excluding carboxylic acids is 1. The molecule has 1 aromatic carbocycles. The van der Waals surface area contributed by atoms with Crippen LogP contribution >= 0.6 is 0 Å². The van der Waals surface area contributed by atoms with Gasteiger partial charge in [-0.15, -0.1) is 0 Å². The van der Waals surface area contributed by atoms with Crippen molar-refractivity contribution >= 4 is 21.9 Å². The third kappa shape index (κ3) is 4.69. The van der Waals surface area contributed by atoms with Crippen molar-refractivity contribution in [3.63, 3.8) is 0 Å². The molecule has 0 aliphatic carbocycles. The molecule has 1 atom stereocenters. The maximum atomic E-state index is 12.4. The summed E-state index contributed by atoms with van der Waals surface area (Å²) in [5.41, 5.74) is -0.118. The number of carboxylic acid groups (broad SMARTS) is 1. The quantitative estimate of drug-likeness (QED) is 0.795. The number of carboxylic acids is 1. The fourth-order valence-electron chi connectivity index (χ4n) is 2.36. The summed E-state index contributed by atoms with van der Waals surface area (Å²) < 4.78 is 62.1. The molecule has 1 unspecified atom stereocenters. The van der Waals surface area contributed by atoms with Gasteiger partial charge in [0.15, 0.2) is 0 Å². The summed E-state index contributed by atoms with van der Waals surface area (Å²) in [7, 11) is -3.92. The number of sulfonamides is 1. The summed E-state index contributed by atoms with van der Waals surface area (Å²) in [4.78, 5) is 22.3. The van der Waals surface area contributed by atoms with Gasteiger partial charge in [0.05, 0.1) is 10.8 Å². The maximum Gasteiger partial charge on any atom is 0.405 e. The van der Waals surface area contributed by atoms with Gasteiger partial charge in [0.2, 0.25) is 10.0 Å². The molecule has 2 N–H and O–H groups in total. The van der Waals surface area contributed by atoms with Crippen molar-refractivity contribution in [2.24, 2.45) is 5.92 Å². The van der Waals surface area contributed by atoms with Gasteiger partial charge in [-0.25, -0.2) is 8.42 Å². The van der Waals surface area contributed by atoms with Gasteiger partial charge in [-0.1, -0.05) is 0 Å². The zero-order valence-electron chi connectivity index (χ0n) is 12.8. The Morgan fingerprint density at radius 3 is 2.32 bits per heavy atom. The molecule has 2 rings (SSSR count). The molecule has 7 nitrogen and oxygen atoms in total. The highest BCUT2D eigenvalue weighted by molar-refractivity contribution is 7.89. The number of carbonyl (C=O) groups is 2. The Balaban J connectivity index is 2.09. The zero-order valence-corrected chi connectivity index (χ0v) is 13.6. The fourth-order valence-corrected chi connectivity index (χ4v) is 3.86. The van der Waals surface area contributed by atoms with Crippen LogP contribution in [-0.4, -0.2) is 55.5 Å². The number of aliphatic carboxylic acids is 1. The lowest BCUT2D eigenvalue weighted by Gasteiger charge is -2.16. The molecule has 1 amide bonds. The fraction of sp³-hybridized carbons (Fsp3) is 0.429. The second kappa shape index (κ2) is 7.00. The van der Waals surface area contributed by atoms with Crippen molar-refractivity contribution in [3.05, 3.63) is 29.8 Å². The van der Waals surface area contributed by atoms with E-state index in [9.17, 15) is 31.2 Å². The number of amides is 1. The first-order chi connectivity index (χ1) is 11.5. The highest BCUT2D eigenvalue weighted by Crippen LogP contribution is 2.24. The molecule has 1 fully saturated rings. The topological polar surface area (TPSA) is 104 Å². The average molecular weight is 380 g/mol. The van der Waals surface area contributed by atoms with Crippen LogP contribution in [0.25, 0.3) is 0 Å². The number of nitrogens with zero attached hydrogens (tertiary/aromatic N) is 1. The summed E-state index contributed by atoms with van der Waals surface area (Å²) in [5.74, 6) is -2.83. The van der Waals surface area contributed by atoms with E-state index >= 15 is 0 Å². The van der Waals surface area contributed by atoms with Crippen molar-refractivity contribution in [1.82, 2.24) is 9.62 Å². The Morgan fingerprint density at radius 1 is 1.24 bits per heavy atom. The first-order valence-electron chi connectivity index (χ1n) is 7.18. The molecule has 25 heavy (non-hydrogen) atoms. The van der Waals surface area contributed by atoms with Crippen molar-refractivity contribution < 1.29 is 36.3 Å². The Bertz CT molecular complexity index is 762. The Labute approximate surface area is 141 Å². The summed E-state index contributed by atoms with van der Waals surface area (Å²) in [5, 5.41) is 10.6. The molecule has 0 bridgehead atoms. The first kappa shape index (κ1) is 19.2. The number of benzene rings is 1. The molecular weight excluding hydrogens is 365 g/mol. The molecule has 0 radical (unpaired) electrons. The lowest BCUT2D eigenvalue weighted by atomic mass is 10.1. The van der Waals surface area contributed by atoms with E-state index in [-0.39, 0.29) is 30.0 Å². The predicted molar refractivity (Wildman–Crippen MR) is 79.3 cm³/mol. The minimum absolute atomic E-state index is 0.0626. The number of hydrogen-bond donors (Lipinski definition) is 2. The van der Waals surface area contributed by atoms with E-state index in [1.807, 2.05) is 0 Å². The molecule has 138 valence electrons. The SMILES string of the molecule is O=C(NCC(F)(F)F)c1ccc(S(=O)(=O)N2CCC(C(=O)O)C2)cc1. The van der Waals surface area contributed by atoms with Crippen LogP contribution in [-0.2, 0) is 14.8 Å². The van der Waals surface area contributed by atoms with E-state index in [0.717, 1.165) is 28.6 Å². The largest absolute Gasteiger partial charge is 0.481 e. The van der Waals surface area contributed by atoms with Crippen LogP contribution in [0.2, 0.25) is 0 Å². The van der Waals surface area contributed by atoms with Crippen LogP contribution in [0.1, 0.15) is 16.8 Å².